The minimum Gasteiger partial charge on any atom is -0.479 e. The molecule has 0 fully saturated rings. The fourth-order valence-corrected chi connectivity index (χ4v) is 2.06. The Bertz CT molecular complexity index is 453. The zero-order chi connectivity index (χ0) is 14.4. The molecular formula is C13H14Cl2O4. The number of aliphatic carboxylic acids is 1. The second kappa shape index (κ2) is 7.36. The van der Waals surface area contributed by atoms with Gasteiger partial charge in [-0.25, -0.2) is 9.59 Å². The molecule has 0 aliphatic carbocycles. The Morgan fingerprint density at radius 3 is 2.37 bits per heavy atom. The number of esters is 1. The molecule has 104 valence electrons. The van der Waals surface area contributed by atoms with E-state index in [1.54, 1.807) is 6.07 Å². The van der Waals surface area contributed by atoms with Gasteiger partial charge in [0, 0.05) is 0 Å². The molecule has 0 aliphatic heterocycles. The number of ether oxygens (including phenoxy) is 1. The number of halogens is 2. The van der Waals surface area contributed by atoms with Crippen molar-refractivity contribution in [3.05, 3.63) is 33.8 Å². The minimum atomic E-state index is -1.18. The maximum absolute atomic E-state index is 11.9. The predicted octanol–water partition coefficient (Wildman–Crippen LogP) is 3.79. The van der Waals surface area contributed by atoms with Crippen LogP contribution in [0.3, 0.4) is 0 Å². The van der Waals surface area contributed by atoms with Crippen LogP contribution in [0.4, 0.5) is 0 Å². The first-order chi connectivity index (χ1) is 8.97. The highest BCUT2D eigenvalue weighted by Gasteiger charge is 2.25. The van der Waals surface area contributed by atoms with Crippen LogP contribution in [0.25, 0.3) is 0 Å². The molecule has 19 heavy (non-hydrogen) atoms. The molecule has 0 aromatic heterocycles. The quantitative estimate of drug-likeness (QED) is 0.812. The molecule has 0 amide bonds. The molecule has 0 saturated heterocycles. The van der Waals surface area contributed by atoms with E-state index in [2.05, 4.69) is 0 Å². The summed E-state index contributed by atoms with van der Waals surface area (Å²) in [4.78, 5) is 22.9. The van der Waals surface area contributed by atoms with Gasteiger partial charge in [-0.2, -0.15) is 0 Å². The highest BCUT2D eigenvalue weighted by Crippen LogP contribution is 2.25. The summed E-state index contributed by atoms with van der Waals surface area (Å²) in [5.74, 6) is -2.00. The van der Waals surface area contributed by atoms with Gasteiger partial charge in [-0.1, -0.05) is 42.6 Å². The van der Waals surface area contributed by atoms with Crippen LogP contribution >= 0.6 is 23.2 Å². The van der Waals surface area contributed by atoms with Crippen molar-refractivity contribution in [1.82, 2.24) is 0 Å². The van der Waals surface area contributed by atoms with Crippen LogP contribution in [0.2, 0.25) is 10.0 Å². The number of carboxylic acid groups (broad SMARTS) is 1. The first kappa shape index (κ1) is 15.8. The summed E-state index contributed by atoms with van der Waals surface area (Å²) in [5.41, 5.74) is -0.00594. The number of benzene rings is 1. The van der Waals surface area contributed by atoms with Crippen LogP contribution in [-0.2, 0) is 9.53 Å². The van der Waals surface area contributed by atoms with Crippen molar-refractivity contribution in [2.75, 3.05) is 0 Å². The molecule has 4 nitrogen and oxygen atoms in total. The second-order valence-electron chi connectivity index (χ2n) is 3.97. The largest absolute Gasteiger partial charge is 0.479 e. The van der Waals surface area contributed by atoms with Gasteiger partial charge in [-0.3, -0.25) is 0 Å². The van der Waals surface area contributed by atoms with Crippen LogP contribution < -0.4 is 0 Å². The Balaban J connectivity index is 2.85. The number of rotatable bonds is 6. The summed E-state index contributed by atoms with van der Waals surface area (Å²) in [6, 6.07) is 4.57. The van der Waals surface area contributed by atoms with Crippen LogP contribution in [0, 0.1) is 0 Å². The summed E-state index contributed by atoms with van der Waals surface area (Å²) in [6.45, 7) is 1.92. The number of carboxylic acids is 1. The smallest absolute Gasteiger partial charge is 0.345 e. The monoisotopic (exact) mass is 304 g/mol. The zero-order valence-electron chi connectivity index (χ0n) is 10.4. The van der Waals surface area contributed by atoms with Crippen molar-refractivity contribution >= 4 is 35.1 Å². The van der Waals surface area contributed by atoms with Gasteiger partial charge in [-0.05, 0) is 25.0 Å². The molecule has 0 saturated carbocycles. The molecule has 0 spiro atoms. The molecule has 0 heterocycles. The Morgan fingerprint density at radius 2 is 1.89 bits per heavy atom. The van der Waals surface area contributed by atoms with E-state index in [-0.39, 0.29) is 22.0 Å². The van der Waals surface area contributed by atoms with Gasteiger partial charge >= 0.3 is 11.9 Å². The van der Waals surface area contributed by atoms with Gasteiger partial charge in [0.1, 0.15) is 0 Å². The molecule has 1 aromatic carbocycles. The van der Waals surface area contributed by atoms with Crippen molar-refractivity contribution in [3.8, 4) is 0 Å². The lowest BCUT2D eigenvalue weighted by Crippen LogP contribution is -2.27. The van der Waals surface area contributed by atoms with Crippen molar-refractivity contribution in [3.63, 3.8) is 0 Å². The number of hydrogen-bond acceptors (Lipinski definition) is 3. The van der Waals surface area contributed by atoms with Gasteiger partial charge in [0.25, 0.3) is 0 Å². The fourth-order valence-electron chi connectivity index (χ4n) is 1.50. The third-order valence-corrected chi connectivity index (χ3v) is 3.14. The van der Waals surface area contributed by atoms with E-state index in [4.69, 9.17) is 33.0 Å². The van der Waals surface area contributed by atoms with Gasteiger partial charge in [-0.15, -0.1) is 0 Å². The lowest BCUT2D eigenvalue weighted by Gasteiger charge is -2.14. The molecule has 1 unspecified atom stereocenters. The molecule has 0 bridgehead atoms. The van der Waals surface area contributed by atoms with Crippen LogP contribution in [-0.4, -0.2) is 23.1 Å². The van der Waals surface area contributed by atoms with Gasteiger partial charge < -0.3 is 9.84 Å². The Morgan fingerprint density at radius 1 is 1.32 bits per heavy atom. The van der Waals surface area contributed by atoms with Crippen LogP contribution in [0.15, 0.2) is 18.2 Å². The lowest BCUT2D eigenvalue weighted by molar-refractivity contribution is -0.147. The fraction of sp³-hybridized carbons (Fsp3) is 0.385. The van der Waals surface area contributed by atoms with E-state index in [1.165, 1.54) is 12.1 Å². The second-order valence-corrected chi connectivity index (χ2v) is 4.79. The third kappa shape index (κ3) is 4.40. The molecule has 0 aliphatic rings. The van der Waals surface area contributed by atoms with Crippen LogP contribution in [0.5, 0.6) is 0 Å². The van der Waals surface area contributed by atoms with E-state index < -0.39 is 18.0 Å². The summed E-state index contributed by atoms with van der Waals surface area (Å²) >= 11 is 11.7. The number of hydrogen-bond donors (Lipinski definition) is 1. The maximum Gasteiger partial charge on any atom is 0.345 e. The highest BCUT2D eigenvalue weighted by atomic mass is 35.5. The minimum absolute atomic E-state index is 0.00594. The van der Waals surface area contributed by atoms with Crippen molar-refractivity contribution in [2.24, 2.45) is 0 Å². The van der Waals surface area contributed by atoms with E-state index in [1.807, 2.05) is 6.92 Å². The van der Waals surface area contributed by atoms with E-state index in [0.717, 1.165) is 6.42 Å². The zero-order valence-corrected chi connectivity index (χ0v) is 11.9. The SMILES string of the molecule is CCCCC(OC(=O)c1c(Cl)cccc1Cl)C(=O)O. The average molecular weight is 305 g/mol. The first-order valence-corrected chi connectivity index (χ1v) is 6.60. The van der Waals surface area contributed by atoms with E-state index in [0.29, 0.717) is 6.42 Å². The van der Waals surface area contributed by atoms with Gasteiger partial charge in [0.15, 0.2) is 6.10 Å². The molecule has 1 aromatic rings. The molecular weight excluding hydrogens is 291 g/mol. The normalized spacial score (nSPS) is 11.9. The molecule has 1 rings (SSSR count). The standard InChI is InChI=1S/C13H14Cl2O4/c1-2-3-7-10(12(16)17)19-13(18)11-8(14)5-4-6-9(11)15/h4-6,10H,2-3,7H2,1H3,(H,16,17). The average Bonchev–Trinajstić information content (AvgIpc) is 2.33. The summed E-state index contributed by atoms with van der Waals surface area (Å²) < 4.78 is 4.95. The van der Waals surface area contributed by atoms with Crippen molar-refractivity contribution in [2.45, 2.75) is 32.3 Å². The lowest BCUT2D eigenvalue weighted by atomic mass is 10.1. The van der Waals surface area contributed by atoms with Crippen LogP contribution in [0.1, 0.15) is 36.5 Å². The molecule has 1 N–H and O–H groups in total. The number of carbonyl (C=O) groups excluding carboxylic acids is 1. The van der Waals surface area contributed by atoms with E-state index in [9.17, 15) is 9.59 Å². The predicted molar refractivity (Wildman–Crippen MR) is 72.8 cm³/mol. The maximum atomic E-state index is 11.9. The van der Waals surface area contributed by atoms with Crippen molar-refractivity contribution in [1.29, 1.82) is 0 Å². The summed E-state index contributed by atoms with van der Waals surface area (Å²) in [6.07, 6.45) is 0.550. The van der Waals surface area contributed by atoms with Gasteiger partial charge in [0.2, 0.25) is 0 Å². The summed E-state index contributed by atoms with van der Waals surface area (Å²) in [5, 5.41) is 9.26. The number of carbonyl (C=O) groups is 2. The molecule has 6 heteroatoms. The molecule has 1 atom stereocenters. The molecule has 0 radical (unpaired) electrons. The Labute approximate surface area is 121 Å². The van der Waals surface area contributed by atoms with Crippen molar-refractivity contribution < 1.29 is 19.4 Å². The number of unbranched alkanes of at least 4 members (excludes halogenated alkanes) is 1. The summed E-state index contributed by atoms with van der Waals surface area (Å²) in [7, 11) is 0. The first-order valence-electron chi connectivity index (χ1n) is 5.85. The topological polar surface area (TPSA) is 63.6 Å². The Kier molecular flexibility index (Phi) is 6.12. The van der Waals surface area contributed by atoms with Gasteiger partial charge in [0.05, 0.1) is 15.6 Å². The Hall–Kier alpha value is -1.26. The third-order valence-electron chi connectivity index (χ3n) is 2.51. The van der Waals surface area contributed by atoms with E-state index >= 15 is 0 Å². The highest BCUT2D eigenvalue weighted by molar-refractivity contribution is 6.39.